The summed E-state index contributed by atoms with van der Waals surface area (Å²) in [5, 5.41) is 1.07. The summed E-state index contributed by atoms with van der Waals surface area (Å²) in [5.41, 5.74) is 3.81. The van der Waals surface area contributed by atoms with E-state index in [1.807, 2.05) is 25.1 Å². The monoisotopic (exact) mass is 291 g/mol. The Bertz CT molecular complexity index is 772. The van der Waals surface area contributed by atoms with E-state index < -0.39 is 6.36 Å². The summed E-state index contributed by atoms with van der Waals surface area (Å²) in [5.74, 6) is -0.224. The summed E-state index contributed by atoms with van der Waals surface area (Å²) >= 11 is 0. The van der Waals surface area contributed by atoms with Crippen LogP contribution in [0.25, 0.3) is 22.2 Å². The predicted octanol–water partition coefficient (Wildman–Crippen LogP) is 5.04. The fourth-order valence-electron chi connectivity index (χ4n) is 2.24. The molecule has 0 saturated heterocycles. The third-order valence-electron chi connectivity index (χ3n) is 3.18. The molecule has 108 valence electrons. The molecular weight excluding hydrogens is 279 g/mol. The molecule has 0 amide bonds. The maximum absolute atomic E-state index is 12.1. The van der Waals surface area contributed by atoms with Gasteiger partial charge in [0, 0.05) is 16.6 Å². The third kappa shape index (κ3) is 3.02. The number of alkyl halides is 3. The molecule has 3 aromatic rings. The van der Waals surface area contributed by atoms with Crippen molar-refractivity contribution in [2.24, 2.45) is 0 Å². The van der Waals surface area contributed by atoms with Crippen molar-refractivity contribution in [1.82, 2.24) is 4.98 Å². The fourth-order valence-corrected chi connectivity index (χ4v) is 2.24. The number of rotatable bonds is 2. The van der Waals surface area contributed by atoms with Gasteiger partial charge in [0.15, 0.2) is 0 Å². The minimum Gasteiger partial charge on any atom is -0.406 e. The molecule has 0 aliphatic carbocycles. The van der Waals surface area contributed by atoms with E-state index in [1.54, 1.807) is 12.1 Å². The number of aromatic nitrogens is 1. The van der Waals surface area contributed by atoms with Gasteiger partial charge in [0.05, 0.1) is 0 Å². The summed E-state index contributed by atoms with van der Waals surface area (Å²) in [4.78, 5) is 3.24. The molecule has 0 spiro atoms. The number of hydrogen-bond acceptors (Lipinski definition) is 1. The van der Waals surface area contributed by atoms with E-state index in [1.165, 1.54) is 12.1 Å². The maximum atomic E-state index is 12.1. The average Bonchev–Trinajstić information content (AvgIpc) is 2.80. The third-order valence-corrected chi connectivity index (χ3v) is 3.18. The Morgan fingerprint density at radius 2 is 1.67 bits per heavy atom. The van der Waals surface area contributed by atoms with Crippen molar-refractivity contribution >= 4 is 10.9 Å². The van der Waals surface area contributed by atoms with Crippen LogP contribution in [-0.4, -0.2) is 11.3 Å². The van der Waals surface area contributed by atoms with Gasteiger partial charge in [0.25, 0.3) is 0 Å². The lowest BCUT2D eigenvalue weighted by molar-refractivity contribution is -0.274. The van der Waals surface area contributed by atoms with Crippen LogP contribution < -0.4 is 4.74 Å². The zero-order valence-electron chi connectivity index (χ0n) is 11.2. The molecule has 1 heterocycles. The van der Waals surface area contributed by atoms with Crippen LogP contribution in [0.15, 0.2) is 48.5 Å². The summed E-state index contributed by atoms with van der Waals surface area (Å²) in [6.45, 7) is 2.01. The number of hydrogen-bond donors (Lipinski definition) is 1. The van der Waals surface area contributed by atoms with Crippen LogP contribution in [0.2, 0.25) is 0 Å². The van der Waals surface area contributed by atoms with E-state index in [4.69, 9.17) is 0 Å². The van der Waals surface area contributed by atoms with Gasteiger partial charge in [-0.1, -0.05) is 11.6 Å². The highest BCUT2D eigenvalue weighted by molar-refractivity contribution is 5.86. The number of nitrogens with one attached hydrogen (secondary N) is 1. The van der Waals surface area contributed by atoms with E-state index >= 15 is 0 Å². The van der Waals surface area contributed by atoms with Gasteiger partial charge in [-0.15, -0.1) is 13.2 Å². The van der Waals surface area contributed by atoms with E-state index in [9.17, 15) is 13.2 Å². The van der Waals surface area contributed by atoms with Crippen molar-refractivity contribution in [2.75, 3.05) is 0 Å². The molecule has 1 aromatic heterocycles. The van der Waals surface area contributed by atoms with Crippen LogP contribution in [0.4, 0.5) is 13.2 Å². The van der Waals surface area contributed by atoms with Gasteiger partial charge in [0.1, 0.15) is 5.75 Å². The first kappa shape index (κ1) is 13.5. The lowest BCUT2D eigenvalue weighted by atomic mass is 10.1. The Morgan fingerprint density at radius 3 is 2.33 bits per heavy atom. The minimum absolute atomic E-state index is 0.224. The molecule has 21 heavy (non-hydrogen) atoms. The van der Waals surface area contributed by atoms with Gasteiger partial charge in [-0.25, -0.2) is 0 Å². The van der Waals surface area contributed by atoms with Crippen LogP contribution in [0.5, 0.6) is 5.75 Å². The SMILES string of the molecule is Cc1ccc2[nH]c(-c3ccc(OC(F)(F)F)cc3)cc2c1. The van der Waals surface area contributed by atoms with E-state index in [-0.39, 0.29) is 5.75 Å². The van der Waals surface area contributed by atoms with Crippen LogP contribution >= 0.6 is 0 Å². The van der Waals surface area contributed by atoms with Crippen molar-refractivity contribution < 1.29 is 17.9 Å². The molecule has 3 rings (SSSR count). The molecule has 1 N–H and O–H groups in total. The number of H-pyrrole nitrogens is 1. The summed E-state index contributed by atoms with van der Waals surface area (Å²) < 4.78 is 40.2. The van der Waals surface area contributed by atoms with Gasteiger partial charge >= 0.3 is 6.36 Å². The molecule has 2 aromatic carbocycles. The molecule has 5 heteroatoms. The van der Waals surface area contributed by atoms with Crippen molar-refractivity contribution in [1.29, 1.82) is 0 Å². The number of aryl methyl sites for hydroxylation is 1. The van der Waals surface area contributed by atoms with Crippen LogP contribution in [-0.2, 0) is 0 Å². The first-order valence-electron chi connectivity index (χ1n) is 6.36. The van der Waals surface area contributed by atoms with Gasteiger partial charge in [0.2, 0.25) is 0 Å². The van der Waals surface area contributed by atoms with Crippen molar-refractivity contribution in [3.63, 3.8) is 0 Å². The molecular formula is C16H12F3NO. The van der Waals surface area contributed by atoms with Gasteiger partial charge in [-0.2, -0.15) is 0 Å². The lowest BCUT2D eigenvalue weighted by Gasteiger charge is -2.08. The quantitative estimate of drug-likeness (QED) is 0.702. The number of ether oxygens (including phenoxy) is 1. The van der Waals surface area contributed by atoms with Crippen molar-refractivity contribution in [3.8, 4) is 17.0 Å². The van der Waals surface area contributed by atoms with Gasteiger partial charge in [-0.3, -0.25) is 0 Å². The normalized spacial score (nSPS) is 11.8. The largest absolute Gasteiger partial charge is 0.573 e. The Labute approximate surface area is 119 Å². The second kappa shape index (κ2) is 4.84. The van der Waals surface area contributed by atoms with Gasteiger partial charge in [-0.05, 0) is 55.0 Å². The molecule has 0 atom stereocenters. The molecule has 0 radical (unpaired) electrons. The molecule has 0 aliphatic rings. The highest BCUT2D eigenvalue weighted by atomic mass is 19.4. The zero-order chi connectivity index (χ0) is 15.0. The Kier molecular flexibility index (Phi) is 3.12. The second-order valence-corrected chi connectivity index (χ2v) is 4.85. The van der Waals surface area contributed by atoms with E-state index in [2.05, 4.69) is 15.8 Å². The minimum atomic E-state index is -4.67. The summed E-state index contributed by atoms with van der Waals surface area (Å²) in [6, 6.07) is 13.8. The second-order valence-electron chi connectivity index (χ2n) is 4.85. The Hall–Kier alpha value is -2.43. The molecule has 0 aliphatic heterocycles. The Morgan fingerprint density at radius 1 is 0.952 bits per heavy atom. The number of fused-ring (bicyclic) bond motifs is 1. The molecule has 2 nitrogen and oxygen atoms in total. The van der Waals surface area contributed by atoms with E-state index in [0.29, 0.717) is 0 Å². The number of aromatic amines is 1. The molecule has 0 saturated carbocycles. The standard InChI is InChI=1S/C16H12F3NO/c1-10-2-7-14-12(8-10)9-15(20-14)11-3-5-13(6-4-11)21-16(17,18)19/h2-9,20H,1H3. The first-order chi connectivity index (χ1) is 9.90. The zero-order valence-corrected chi connectivity index (χ0v) is 11.2. The molecule has 0 fully saturated rings. The fraction of sp³-hybridized carbons (Fsp3) is 0.125. The van der Waals surface area contributed by atoms with Crippen LogP contribution in [0, 0.1) is 6.92 Å². The highest BCUT2D eigenvalue weighted by Gasteiger charge is 2.30. The number of halogens is 3. The van der Waals surface area contributed by atoms with Crippen LogP contribution in [0.3, 0.4) is 0 Å². The first-order valence-corrected chi connectivity index (χ1v) is 6.36. The topological polar surface area (TPSA) is 25.0 Å². The smallest absolute Gasteiger partial charge is 0.406 e. The molecule has 0 bridgehead atoms. The van der Waals surface area contributed by atoms with Crippen molar-refractivity contribution in [2.45, 2.75) is 13.3 Å². The average molecular weight is 291 g/mol. The van der Waals surface area contributed by atoms with Crippen LogP contribution in [0.1, 0.15) is 5.56 Å². The highest BCUT2D eigenvalue weighted by Crippen LogP contribution is 2.28. The van der Waals surface area contributed by atoms with E-state index in [0.717, 1.165) is 27.7 Å². The maximum Gasteiger partial charge on any atom is 0.573 e. The van der Waals surface area contributed by atoms with Crippen molar-refractivity contribution in [3.05, 3.63) is 54.1 Å². The number of benzene rings is 2. The summed E-state index contributed by atoms with van der Waals surface area (Å²) in [7, 11) is 0. The van der Waals surface area contributed by atoms with Gasteiger partial charge < -0.3 is 9.72 Å². The Balaban J connectivity index is 1.91. The lowest BCUT2D eigenvalue weighted by Crippen LogP contribution is -2.16. The summed E-state index contributed by atoms with van der Waals surface area (Å²) in [6.07, 6.45) is -4.67. The predicted molar refractivity (Wildman–Crippen MR) is 75.2 cm³/mol. The molecule has 0 unspecified atom stereocenters.